The molecular weight excluding hydrogens is 196 g/mol. The van der Waals surface area contributed by atoms with Crippen LogP contribution in [0.25, 0.3) is 0 Å². The van der Waals surface area contributed by atoms with Crippen LogP contribution in [0, 0.1) is 0 Å². The lowest BCUT2D eigenvalue weighted by molar-refractivity contribution is 0.102. The van der Waals surface area contributed by atoms with Crippen molar-refractivity contribution in [1.82, 2.24) is 19.8 Å². The van der Waals surface area contributed by atoms with Gasteiger partial charge in [0.15, 0.2) is 0 Å². The van der Waals surface area contributed by atoms with Gasteiger partial charge in [0.1, 0.15) is 0 Å². The number of hydrogen-bond donors (Lipinski definition) is 2. The van der Waals surface area contributed by atoms with Gasteiger partial charge in [0.25, 0.3) is 0 Å². The van der Waals surface area contributed by atoms with Crippen molar-refractivity contribution >= 4 is 6.09 Å². The van der Waals surface area contributed by atoms with E-state index < -0.39 is 6.09 Å². The number of nitrogens with zero attached hydrogens (tertiary/aromatic N) is 3. The molecule has 6 nitrogen and oxygen atoms in total. The number of carboxylic acid groups (broad SMARTS) is 1. The summed E-state index contributed by atoms with van der Waals surface area (Å²) in [6.07, 6.45) is 2.63. The van der Waals surface area contributed by atoms with Gasteiger partial charge < -0.3 is 15.0 Å². The molecule has 0 spiro atoms. The molecule has 1 aromatic rings. The van der Waals surface area contributed by atoms with Crippen molar-refractivity contribution in [2.45, 2.75) is 6.54 Å². The Balaban J connectivity index is 1.81. The maximum absolute atomic E-state index is 10.7. The molecule has 1 saturated heterocycles. The number of imidazole rings is 1. The van der Waals surface area contributed by atoms with Gasteiger partial charge in [-0.15, -0.1) is 0 Å². The molecule has 2 rings (SSSR count). The number of H-pyrrole nitrogens is 1. The Morgan fingerprint density at radius 1 is 1.47 bits per heavy atom. The van der Waals surface area contributed by atoms with Crippen molar-refractivity contribution in [3.8, 4) is 0 Å². The molecule has 1 amide bonds. The quantitative estimate of drug-likeness (QED) is 0.731. The number of amides is 1. The fraction of sp³-hybridized carbons (Fsp3) is 0.556. The Morgan fingerprint density at radius 2 is 2.20 bits per heavy atom. The molecule has 0 aliphatic carbocycles. The third kappa shape index (κ3) is 2.47. The predicted molar refractivity (Wildman–Crippen MR) is 53.5 cm³/mol. The number of rotatable bonds is 2. The smallest absolute Gasteiger partial charge is 0.407 e. The maximum Gasteiger partial charge on any atom is 0.407 e. The van der Waals surface area contributed by atoms with Crippen LogP contribution < -0.4 is 0 Å². The molecule has 6 heteroatoms. The first kappa shape index (κ1) is 9.97. The zero-order valence-corrected chi connectivity index (χ0v) is 8.39. The van der Waals surface area contributed by atoms with E-state index in [1.807, 2.05) is 0 Å². The van der Waals surface area contributed by atoms with Gasteiger partial charge in [0.2, 0.25) is 0 Å². The molecule has 0 atom stereocenters. The number of carbonyl (C=O) groups is 1. The maximum atomic E-state index is 10.7. The minimum Gasteiger partial charge on any atom is -0.465 e. The van der Waals surface area contributed by atoms with Crippen LogP contribution in [-0.2, 0) is 6.54 Å². The Morgan fingerprint density at radius 3 is 2.73 bits per heavy atom. The highest BCUT2D eigenvalue weighted by atomic mass is 16.4. The standard InChI is InChI=1S/C9H14N4O2/c14-9(15)13-3-1-12(2-4-13)6-8-5-10-7-11-8/h5,7H,1-4,6H2,(H,10,11)(H,14,15). The molecule has 0 unspecified atom stereocenters. The van der Waals surface area contributed by atoms with Crippen molar-refractivity contribution in [3.05, 3.63) is 18.2 Å². The minimum absolute atomic E-state index is 0.587. The molecule has 0 radical (unpaired) electrons. The Labute approximate surface area is 87.5 Å². The summed E-state index contributed by atoms with van der Waals surface area (Å²) in [5.74, 6) is 0. The molecule has 2 N–H and O–H groups in total. The molecule has 0 bridgehead atoms. The van der Waals surface area contributed by atoms with Crippen LogP contribution in [-0.4, -0.2) is 57.1 Å². The van der Waals surface area contributed by atoms with Crippen LogP contribution in [0.2, 0.25) is 0 Å². The Hall–Kier alpha value is -1.56. The molecular formula is C9H14N4O2. The zero-order chi connectivity index (χ0) is 10.7. The van der Waals surface area contributed by atoms with Gasteiger partial charge in [0.05, 0.1) is 6.33 Å². The highest BCUT2D eigenvalue weighted by molar-refractivity contribution is 5.65. The number of piperazine rings is 1. The molecule has 1 aliphatic rings. The highest BCUT2D eigenvalue weighted by Crippen LogP contribution is 2.05. The lowest BCUT2D eigenvalue weighted by atomic mass is 10.3. The molecule has 0 saturated carbocycles. The fourth-order valence-corrected chi connectivity index (χ4v) is 1.71. The first-order valence-electron chi connectivity index (χ1n) is 4.93. The van der Waals surface area contributed by atoms with Crippen molar-refractivity contribution in [3.63, 3.8) is 0 Å². The minimum atomic E-state index is -0.823. The van der Waals surface area contributed by atoms with E-state index in [0.29, 0.717) is 13.1 Å². The van der Waals surface area contributed by atoms with Gasteiger partial charge in [0, 0.05) is 44.6 Å². The van der Waals surface area contributed by atoms with E-state index >= 15 is 0 Å². The summed E-state index contributed by atoms with van der Waals surface area (Å²) in [6, 6.07) is 0. The molecule has 2 heterocycles. The van der Waals surface area contributed by atoms with Crippen LogP contribution in [0.5, 0.6) is 0 Å². The van der Waals surface area contributed by atoms with Crippen molar-refractivity contribution in [2.24, 2.45) is 0 Å². The van der Waals surface area contributed by atoms with Crippen LogP contribution >= 0.6 is 0 Å². The van der Waals surface area contributed by atoms with Gasteiger partial charge in [-0.1, -0.05) is 0 Å². The average molecular weight is 210 g/mol. The molecule has 1 aliphatic heterocycles. The SMILES string of the molecule is O=C(O)N1CCN(Cc2cnc[nH]2)CC1. The van der Waals surface area contributed by atoms with Crippen molar-refractivity contribution < 1.29 is 9.90 Å². The zero-order valence-electron chi connectivity index (χ0n) is 8.39. The second kappa shape index (κ2) is 4.31. The third-order valence-corrected chi connectivity index (χ3v) is 2.59. The number of aromatic nitrogens is 2. The summed E-state index contributed by atoms with van der Waals surface area (Å²) >= 11 is 0. The van der Waals surface area contributed by atoms with Crippen LogP contribution in [0.4, 0.5) is 4.79 Å². The average Bonchev–Trinajstić information content (AvgIpc) is 2.71. The number of aromatic amines is 1. The first-order valence-corrected chi connectivity index (χ1v) is 4.93. The van der Waals surface area contributed by atoms with E-state index in [9.17, 15) is 4.79 Å². The van der Waals surface area contributed by atoms with Crippen LogP contribution in [0.1, 0.15) is 5.69 Å². The second-order valence-electron chi connectivity index (χ2n) is 3.62. The third-order valence-electron chi connectivity index (χ3n) is 2.59. The van der Waals surface area contributed by atoms with Crippen LogP contribution in [0.15, 0.2) is 12.5 Å². The van der Waals surface area contributed by atoms with Gasteiger partial charge in [-0.2, -0.15) is 0 Å². The summed E-state index contributed by atoms with van der Waals surface area (Å²) < 4.78 is 0. The van der Waals surface area contributed by atoms with Gasteiger partial charge in [-0.25, -0.2) is 9.78 Å². The lowest BCUT2D eigenvalue weighted by Crippen LogP contribution is -2.47. The Kier molecular flexibility index (Phi) is 2.86. The van der Waals surface area contributed by atoms with E-state index in [1.165, 1.54) is 4.90 Å². The Bertz CT molecular complexity index is 317. The molecule has 1 fully saturated rings. The van der Waals surface area contributed by atoms with E-state index in [1.54, 1.807) is 12.5 Å². The summed E-state index contributed by atoms with van der Waals surface area (Å²) in [5.41, 5.74) is 1.07. The van der Waals surface area contributed by atoms with Crippen molar-refractivity contribution in [2.75, 3.05) is 26.2 Å². The lowest BCUT2D eigenvalue weighted by Gasteiger charge is -2.32. The molecule has 82 valence electrons. The highest BCUT2D eigenvalue weighted by Gasteiger charge is 2.20. The summed E-state index contributed by atoms with van der Waals surface area (Å²) in [7, 11) is 0. The monoisotopic (exact) mass is 210 g/mol. The second-order valence-corrected chi connectivity index (χ2v) is 3.62. The molecule has 1 aromatic heterocycles. The summed E-state index contributed by atoms with van der Waals surface area (Å²) in [5, 5.41) is 8.77. The van der Waals surface area contributed by atoms with E-state index in [2.05, 4.69) is 14.9 Å². The summed E-state index contributed by atoms with van der Waals surface area (Å²) in [4.78, 5) is 21.3. The molecule has 0 aromatic carbocycles. The van der Waals surface area contributed by atoms with E-state index in [0.717, 1.165) is 25.3 Å². The summed E-state index contributed by atoms with van der Waals surface area (Å²) in [6.45, 7) is 3.55. The number of hydrogen-bond acceptors (Lipinski definition) is 3. The predicted octanol–water partition coefficient (Wildman–Crippen LogP) is 0.205. The first-order chi connectivity index (χ1) is 7.25. The van der Waals surface area contributed by atoms with Gasteiger partial charge >= 0.3 is 6.09 Å². The number of nitrogens with one attached hydrogen (secondary N) is 1. The van der Waals surface area contributed by atoms with E-state index in [4.69, 9.17) is 5.11 Å². The topological polar surface area (TPSA) is 72.5 Å². The molecule has 15 heavy (non-hydrogen) atoms. The van der Waals surface area contributed by atoms with Gasteiger partial charge in [-0.3, -0.25) is 4.90 Å². The normalized spacial score (nSPS) is 18.0. The van der Waals surface area contributed by atoms with Crippen molar-refractivity contribution in [1.29, 1.82) is 0 Å². The van der Waals surface area contributed by atoms with Crippen LogP contribution in [0.3, 0.4) is 0 Å². The largest absolute Gasteiger partial charge is 0.465 e. The van der Waals surface area contributed by atoms with Gasteiger partial charge in [-0.05, 0) is 0 Å². The van der Waals surface area contributed by atoms with E-state index in [-0.39, 0.29) is 0 Å². The fourth-order valence-electron chi connectivity index (χ4n) is 1.71.